The summed E-state index contributed by atoms with van der Waals surface area (Å²) in [6.45, 7) is 3.74. The number of esters is 2. The van der Waals surface area contributed by atoms with Gasteiger partial charge in [-0.05, 0) is 64.2 Å². The lowest BCUT2D eigenvalue weighted by molar-refractivity contribution is -0.161. The molecule has 0 spiro atoms. The van der Waals surface area contributed by atoms with Crippen LogP contribution < -0.4 is 5.73 Å². The second-order valence-corrected chi connectivity index (χ2v) is 17.1. The summed E-state index contributed by atoms with van der Waals surface area (Å²) in [4.78, 5) is 34.9. The quantitative estimate of drug-likeness (QED) is 0.0267. The van der Waals surface area contributed by atoms with Gasteiger partial charge in [0.15, 0.2) is 6.10 Å². The monoisotopic (exact) mass is 814 g/mol. The maximum atomic E-state index is 12.6. The Morgan fingerprint density at radius 2 is 0.875 bits per heavy atom. The van der Waals surface area contributed by atoms with Crippen LogP contribution in [0.25, 0.3) is 0 Å². The minimum absolute atomic E-state index is 0.0532. The second-order valence-electron chi connectivity index (χ2n) is 15.6. The second kappa shape index (κ2) is 43.1. The lowest BCUT2D eigenvalue weighted by atomic mass is 10.1. The van der Waals surface area contributed by atoms with E-state index in [4.69, 9.17) is 24.3 Å². The molecule has 0 saturated carbocycles. The molecule has 9 nitrogen and oxygen atoms in total. The fourth-order valence-corrected chi connectivity index (χ4v) is 7.33. The van der Waals surface area contributed by atoms with Crippen molar-refractivity contribution in [2.24, 2.45) is 5.73 Å². The number of carbonyl (C=O) groups excluding carboxylic acids is 2. The van der Waals surface area contributed by atoms with E-state index in [2.05, 4.69) is 38.2 Å². The van der Waals surface area contributed by atoms with Crippen molar-refractivity contribution in [2.75, 3.05) is 26.4 Å². The van der Waals surface area contributed by atoms with Gasteiger partial charge in [-0.25, -0.2) is 4.57 Å². The summed E-state index contributed by atoms with van der Waals surface area (Å²) in [7, 11) is -4.38. The van der Waals surface area contributed by atoms with Crippen LogP contribution >= 0.6 is 7.82 Å². The normalized spacial score (nSPS) is 13.4. The number of rotatable bonds is 44. The first-order valence-electron chi connectivity index (χ1n) is 23.3. The minimum Gasteiger partial charge on any atom is -0.462 e. The third kappa shape index (κ3) is 42.1. The summed E-state index contributed by atoms with van der Waals surface area (Å²) >= 11 is 0. The molecule has 0 amide bonds. The zero-order chi connectivity index (χ0) is 41.1. The summed E-state index contributed by atoms with van der Waals surface area (Å²) in [6.07, 6.45) is 46.3. The number of phosphoric acid groups is 1. The van der Waals surface area contributed by atoms with Crippen LogP contribution in [0.15, 0.2) is 24.3 Å². The van der Waals surface area contributed by atoms with E-state index in [1.807, 2.05) is 0 Å². The molecule has 10 heteroatoms. The summed E-state index contributed by atoms with van der Waals surface area (Å²) in [5.74, 6) is -0.833. The molecule has 330 valence electrons. The van der Waals surface area contributed by atoms with Gasteiger partial charge in [0.2, 0.25) is 0 Å². The van der Waals surface area contributed by atoms with Gasteiger partial charge in [-0.1, -0.05) is 173 Å². The molecule has 0 rings (SSSR count). The molecule has 0 aromatic rings. The molecule has 0 aromatic carbocycles. The van der Waals surface area contributed by atoms with Gasteiger partial charge in [0.1, 0.15) is 6.61 Å². The van der Waals surface area contributed by atoms with Gasteiger partial charge in [-0.15, -0.1) is 0 Å². The van der Waals surface area contributed by atoms with Gasteiger partial charge >= 0.3 is 19.8 Å². The smallest absolute Gasteiger partial charge is 0.462 e. The molecule has 0 bridgehead atoms. The number of carbonyl (C=O) groups is 2. The predicted octanol–water partition coefficient (Wildman–Crippen LogP) is 13.6. The van der Waals surface area contributed by atoms with E-state index in [1.165, 1.54) is 135 Å². The zero-order valence-electron chi connectivity index (χ0n) is 36.4. The highest BCUT2D eigenvalue weighted by Gasteiger charge is 2.26. The SMILES string of the molecule is CCCCCCCC/C=C\CCCCCCCCCCCC(=O)OC(COC(=O)CCCCCCC/C=C\CCCCCCCCC)COP(=O)(O)OCCN. The van der Waals surface area contributed by atoms with Crippen molar-refractivity contribution in [2.45, 2.75) is 232 Å². The van der Waals surface area contributed by atoms with E-state index >= 15 is 0 Å². The molecule has 0 aliphatic carbocycles. The molecule has 2 unspecified atom stereocenters. The van der Waals surface area contributed by atoms with E-state index in [1.54, 1.807) is 0 Å². The summed E-state index contributed by atoms with van der Waals surface area (Å²) < 4.78 is 32.8. The standard InChI is InChI=1S/C46H88NO8P/c1-3-5-7-9-11-13-15-17-19-21-22-23-25-27-29-31-33-35-37-39-46(49)55-44(43-54-56(50,51)53-41-40-47)42-52-45(48)38-36-34-32-30-28-26-24-20-18-16-14-12-10-8-6-4-2/h17,19-20,24,44H,3-16,18,21-23,25-43,47H2,1-2H3,(H,50,51)/b19-17-,24-20-. The van der Waals surface area contributed by atoms with Crippen LogP contribution in [0.3, 0.4) is 0 Å². The third-order valence-electron chi connectivity index (χ3n) is 10.1. The molecule has 0 fully saturated rings. The highest BCUT2D eigenvalue weighted by atomic mass is 31.2. The van der Waals surface area contributed by atoms with Crippen LogP contribution in [-0.4, -0.2) is 49.3 Å². The molecular formula is C46H88NO8P. The van der Waals surface area contributed by atoms with Crippen molar-refractivity contribution >= 4 is 19.8 Å². The van der Waals surface area contributed by atoms with E-state index in [9.17, 15) is 19.0 Å². The third-order valence-corrected chi connectivity index (χ3v) is 11.0. The van der Waals surface area contributed by atoms with Gasteiger partial charge < -0.3 is 20.1 Å². The van der Waals surface area contributed by atoms with Crippen molar-refractivity contribution in [3.8, 4) is 0 Å². The number of hydrogen-bond donors (Lipinski definition) is 2. The fraction of sp³-hybridized carbons (Fsp3) is 0.870. The highest BCUT2D eigenvalue weighted by Crippen LogP contribution is 2.43. The fourth-order valence-electron chi connectivity index (χ4n) is 6.57. The minimum atomic E-state index is -4.38. The van der Waals surface area contributed by atoms with Crippen LogP contribution in [0.2, 0.25) is 0 Å². The van der Waals surface area contributed by atoms with Crippen LogP contribution in [0.5, 0.6) is 0 Å². The Bertz CT molecular complexity index is 975. The molecule has 0 aromatic heterocycles. The van der Waals surface area contributed by atoms with Crippen molar-refractivity contribution in [1.82, 2.24) is 0 Å². The van der Waals surface area contributed by atoms with Crippen molar-refractivity contribution in [3.63, 3.8) is 0 Å². The molecule has 0 heterocycles. The lowest BCUT2D eigenvalue weighted by Gasteiger charge is -2.19. The van der Waals surface area contributed by atoms with E-state index in [0.717, 1.165) is 57.8 Å². The highest BCUT2D eigenvalue weighted by molar-refractivity contribution is 7.47. The Morgan fingerprint density at radius 3 is 1.27 bits per heavy atom. The molecule has 0 saturated heterocycles. The largest absolute Gasteiger partial charge is 0.472 e. The van der Waals surface area contributed by atoms with Crippen LogP contribution in [0.1, 0.15) is 226 Å². The van der Waals surface area contributed by atoms with Crippen molar-refractivity contribution in [1.29, 1.82) is 0 Å². The molecular weight excluding hydrogens is 725 g/mol. The van der Waals surface area contributed by atoms with Gasteiger partial charge in [0.05, 0.1) is 13.2 Å². The van der Waals surface area contributed by atoms with Gasteiger partial charge in [-0.3, -0.25) is 18.6 Å². The van der Waals surface area contributed by atoms with Gasteiger partial charge in [0.25, 0.3) is 0 Å². The summed E-state index contributed by atoms with van der Waals surface area (Å²) in [5, 5.41) is 0. The number of hydrogen-bond acceptors (Lipinski definition) is 8. The van der Waals surface area contributed by atoms with Crippen molar-refractivity contribution in [3.05, 3.63) is 24.3 Å². The van der Waals surface area contributed by atoms with Crippen LogP contribution in [0.4, 0.5) is 0 Å². The molecule has 0 aliphatic rings. The Hall–Kier alpha value is -1.51. The Kier molecular flexibility index (Phi) is 41.9. The first-order valence-corrected chi connectivity index (χ1v) is 24.8. The maximum Gasteiger partial charge on any atom is 0.472 e. The summed E-state index contributed by atoms with van der Waals surface area (Å²) in [5.41, 5.74) is 5.35. The Labute approximate surface area is 344 Å². The number of ether oxygens (including phenoxy) is 2. The predicted molar refractivity (Wildman–Crippen MR) is 234 cm³/mol. The van der Waals surface area contributed by atoms with Gasteiger partial charge in [-0.2, -0.15) is 0 Å². The lowest BCUT2D eigenvalue weighted by Crippen LogP contribution is -2.29. The Morgan fingerprint density at radius 1 is 0.518 bits per heavy atom. The summed E-state index contributed by atoms with van der Waals surface area (Å²) in [6, 6.07) is 0. The Balaban J connectivity index is 4.10. The molecule has 3 N–H and O–H groups in total. The first kappa shape index (κ1) is 54.5. The molecule has 2 atom stereocenters. The zero-order valence-corrected chi connectivity index (χ0v) is 37.3. The van der Waals surface area contributed by atoms with E-state index in [-0.39, 0.29) is 38.6 Å². The van der Waals surface area contributed by atoms with E-state index < -0.39 is 26.5 Å². The molecule has 0 radical (unpaired) electrons. The number of unbranched alkanes of at least 4 members (excludes halogenated alkanes) is 27. The number of nitrogens with two attached hydrogens (primary N) is 1. The van der Waals surface area contributed by atoms with Gasteiger partial charge in [0, 0.05) is 19.4 Å². The van der Waals surface area contributed by atoms with Crippen LogP contribution in [0, 0.1) is 0 Å². The molecule has 0 aliphatic heterocycles. The topological polar surface area (TPSA) is 134 Å². The average Bonchev–Trinajstić information content (AvgIpc) is 3.18. The number of allylic oxidation sites excluding steroid dienone is 4. The van der Waals surface area contributed by atoms with Crippen molar-refractivity contribution < 1.29 is 37.6 Å². The average molecular weight is 814 g/mol. The number of phosphoric ester groups is 1. The van der Waals surface area contributed by atoms with E-state index in [0.29, 0.717) is 6.42 Å². The first-order chi connectivity index (χ1) is 27.3. The maximum absolute atomic E-state index is 12.6. The van der Waals surface area contributed by atoms with Crippen LogP contribution in [-0.2, 0) is 32.7 Å². The molecule has 56 heavy (non-hydrogen) atoms.